The minimum Gasteiger partial charge on any atom is -0.0654 e. The molecule has 270 valence electrons. The molecule has 0 saturated heterocycles. The molecule has 0 amide bonds. The summed E-state index contributed by atoms with van der Waals surface area (Å²) in [6, 6.07) is 44.7. The second kappa shape index (κ2) is 18.6. The van der Waals surface area contributed by atoms with E-state index < -0.39 is 0 Å². The summed E-state index contributed by atoms with van der Waals surface area (Å²) in [5.41, 5.74) is 6.94. The molecule has 0 nitrogen and oxygen atoms in total. The van der Waals surface area contributed by atoms with Crippen LogP contribution >= 0.6 is 0 Å². The van der Waals surface area contributed by atoms with Gasteiger partial charge in [-0.25, -0.2) is 0 Å². The Morgan fingerprint density at radius 2 is 0.593 bits per heavy atom. The zero-order valence-electron chi connectivity index (χ0n) is 32.4. The quantitative estimate of drug-likeness (QED) is 0.0601. The third kappa shape index (κ3) is 10.0. The third-order valence-corrected chi connectivity index (χ3v) is 10.9. The van der Waals surface area contributed by atoms with Crippen molar-refractivity contribution in [1.82, 2.24) is 0 Å². The summed E-state index contributed by atoms with van der Waals surface area (Å²) in [6.07, 6.45) is 18.4. The van der Waals surface area contributed by atoms with Gasteiger partial charge in [-0.05, 0) is 153 Å². The van der Waals surface area contributed by atoms with Gasteiger partial charge in [0, 0.05) is 22.3 Å². The smallest absolute Gasteiger partial charge is 0.0255 e. The SMILES string of the molecule is CCCCCCCCc1ccc2cc3cc(C#Cc4ccc(C#Cc5ccc6cc7cc(CCCCCCCC)ccc7cc6c5)cc4)ccc3cc2c1. The first-order valence-electron chi connectivity index (χ1n) is 20.7. The van der Waals surface area contributed by atoms with Crippen LogP contribution in [0.2, 0.25) is 0 Å². The minimum atomic E-state index is 0.991. The van der Waals surface area contributed by atoms with Crippen molar-refractivity contribution in [2.45, 2.75) is 104 Å². The summed E-state index contributed by atoms with van der Waals surface area (Å²) in [4.78, 5) is 0. The molecule has 0 fully saturated rings. The highest BCUT2D eigenvalue weighted by Crippen LogP contribution is 2.27. The molecule has 0 saturated carbocycles. The molecule has 0 aliphatic carbocycles. The molecule has 0 radical (unpaired) electrons. The van der Waals surface area contributed by atoms with Crippen molar-refractivity contribution in [2.24, 2.45) is 0 Å². The molecule has 0 N–H and O–H groups in total. The Balaban J connectivity index is 0.968. The maximum absolute atomic E-state index is 3.39. The highest BCUT2D eigenvalue weighted by Gasteiger charge is 2.04. The monoisotopic (exact) mass is 702 g/mol. The fraction of sp³-hybridized carbons (Fsp3) is 0.296. The van der Waals surface area contributed by atoms with E-state index in [0.717, 1.165) is 22.3 Å². The van der Waals surface area contributed by atoms with Crippen LogP contribution in [0.1, 0.15) is 124 Å². The zero-order valence-corrected chi connectivity index (χ0v) is 32.4. The lowest BCUT2D eigenvalue weighted by molar-refractivity contribution is 0.607. The van der Waals surface area contributed by atoms with Gasteiger partial charge in [-0.1, -0.05) is 150 Å². The number of benzene rings is 7. The van der Waals surface area contributed by atoms with E-state index in [0.29, 0.717) is 0 Å². The van der Waals surface area contributed by atoms with Crippen molar-refractivity contribution >= 4 is 43.1 Å². The lowest BCUT2D eigenvalue weighted by Gasteiger charge is -2.07. The predicted octanol–water partition coefficient (Wildman–Crippen LogP) is 14.9. The van der Waals surface area contributed by atoms with E-state index in [1.54, 1.807) is 0 Å². The standard InChI is InChI=1S/C54H54/c1-3-5-7-9-11-13-15-43-25-29-47-39-53-35-45(27-31-49(53)37-51(47)33-43)23-21-41-17-19-42(20-18-41)22-24-46-28-32-50-38-52-34-44(16-14-12-10-8-6-4-2)26-30-48(52)40-54(50)36-46/h17-20,25-40H,3-16H2,1-2H3. The summed E-state index contributed by atoms with van der Waals surface area (Å²) < 4.78 is 0. The molecule has 0 spiro atoms. The zero-order chi connectivity index (χ0) is 37.0. The van der Waals surface area contributed by atoms with Crippen molar-refractivity contribution in [2.75, 3.05) is 0 Å². The van der Waals surface area contributed by atoms with E-state index in [1.807, 2.05) is 0 Å². The van der Waals surface area contributed by atoms with Gasteiger partial charge >= 0.3 is 0 Å². The van der Waals surface area contributed by atoms with Crippen LogP contribution < -0.4 is 0 Å². The number of hydrogen-bond acceptors (Lipinski definition) is 0. The summed E-state index contributed by atoms with van der Waals surface area (Å²) in [5, 5.41) is 10.2. The van der Waals surface area contributed by atoms with Crippen LogP contribution in [0.25, 0.3) is 43.1 Å². The van der Waals surface area contributed by atoms with Crippen molar-refractivity contribution in [3.8, 4) is 23.7 Å². The Morgan fingerprint density at radius 3 is 1.00 bits per heavy atom. The minimum absolute atomic E-state index is 0.991. The molecule has 0 aromatic heterocycles. The lowest BCUT2D eigenvalue weighted by Crippen LogP contribution is -1.87. The molecule has 7 aromatic rings. The average Bonchev–Trinajstić information content (AvgIpc) is 3.20. The lowest BCUT2D eigenvalue weighted by atomic mass is 9.98. The predicted molar refractivity (Wildman–Crippen MR) is 235 cm³/mol. The molecule has 7 aromatic carbocycles. The summed E-state index contributed by atoms with van der Waals surface area (Å²) in [6.45, 7) is 4.56. The van der Waals surface area contributed by atoms with Gasteiger partial charge in [-0.2, -0.15) is 0 Å². The molecule has 0 heteroatoms. The fourth-order valence-electron chi connectivity index (χ4n) is 7.70. The molecule has 0 aliphatic rings. The van der Waals surface area contributed by atoms with Crippen LogP contribution in [-0.4, -0.2) is 0 Å². The number of hydrogen-bond donors (Lipinski definition) is 0. The first-order valence-corrected chi connectivity index (χ1v) is 20.7. The van der Waals surface area contributed by atoms with Crippen LogP contribution in [0, 0.1) is 23.7 Å². The van der Waals surface area contributed by atoms with E-state index in [1.165, 1.54) is 144 Å². The van der Waals surface area contributed by atoms with Crippen molar-refractivity contribution in [1.29, 1.82) is 0 Å². The summed E-state index contributed by atoms with van der Waals surface area (Å²) in [5.74, 6) is 13.5. The van der Waals surface area contributed by atoms with Gasteiger partial charge in [-0.15, -0.1) is 0 Å². The number of aryl methyl sites for hydroxylation is 2. The van der Waals surface area contributed by atoms with Crippen molar-refractivity contribution in [3.63, 3.8) is 0 Å². The second-order valence-electron chi connectivity index (χ2n) is 15.3. The molecule has 54 heavy (non-hydrogen) atoms. The maximum Gasteiger partial charge on any atom is 0.0255 e. The summed E-state index contributed by atoms with van der Waals surface area (Å²) >= 11 is 0. The van der Waals surface area contributed by atoms with Gasteiger partial charge in [0.05, 0.1) is 0 Å². The molecule has 0 unspecified atom stereocenters. The number of unbranched alkanes of at least 4 members (excludes halogenated alkanes) is 10. The highest BCUT2D eigenvalue weighted by atomic mass is 14.1. The summed E-state index contributed by atoms with van der Waals surface area (Å²) in [7, 11) is 0. The first-order chi connectivity index (χ1) is 26.6. The van der Waals surface area contributed by atoms with E-state index in [4.69, 9.17) is 0 Å². The normalized spacial score (nSPS) is 11.1. The topological polar surface area (TPSA) is 0 Å². The van der Waals surface area contributed by atoms with Crippen LogP contribution in [0.15, 0.2) is 121 Å². The fourth-order valence-corrected chi connectivity index (χ4v) is 7.70. The van der Waals surface area contributed by atoms with Crippen LogP contribution in [0.3, 0.4) is 0 Å². The van der Waals surface area contributed by atoms with Crippen LogP contribution in [0.4, 0.5) is 0 Å². The van der Waals surface area contributed by atoms with Gasteiger partial charge in [-0.3, -0.25) is 0 Å². The van der Waals surface area contributed by atoms with E-state index in [-0.39, 0.29) is 0 Å². The molecule has 0 heterocycles. The van der Waals surface area contributed by atoms with Gasteiger partial charge < -0.3 is 0 Å². The Labute approximate surface area is 324 Å². The van der Waals surface area contributed by atoms with Gasteiger partial charge in [0.2, 0.25) is 0 Å². The Hall–Kier alpha value is -5.30. The third-order valence-electron chi connectivity index (χ3n) is 10.9. The highest BCUT2D eigenvalue weighted by molar-refractivity contribution is 6.00. The van der Waals surface area contributed by atoms with Crippen LogP contribution in [-0.2, 0) is 12.8 Å². The first kappa shape index (κ1) is 37.0. The molecule has 0 aliphatic heterocycles. The van der Waals surface area contributed by atoms with Crippen LogP contribution in [0.5, 0.6) is 0 Å². The van der Waals surface area contributed by atoms with Crippen molar-refractivity contribution < 1.29 is 0 Å². The second-order valence-corrected chi connectivity index (χ2v) is 15.3. The largest absolute Gasteiger partial charge is 0.0654 e. The van der Waals surface area contributed by atoms with Gasteiger partial charge in [0.25, 0.3) is 0 Å². The number of rotatable bonds is 14. The van der Waals surface area contributed by atoms with Gasteiger partial charge in [0.1, 0.15) is 0 Å². The van der Waals surface area contributed by atoms with Gasteiger partial charge in [0.15, 0.2) is 0 Å². The molecular weight excluding hydrogens is 649 g/mol. The Morgan fingerprint density at radius 1 is 0.278 bits per heavy atom. The van der Waals surface area contributed by atoms with E-state index in [2.05, 4.69) is 159 Å². The Bertz CT molecular complexity index is 2300. The Kier molecular flexibility index (Phi) is 12.8. The molecule has 0 atom stereocenters. The molecule has 7 rings (SSSR count). The molecular formula is C54H54. The average molecular weight is 703 g/mol. The molecule has 0 bridgehead atoms. The number of fused-ring (bicyclic) bond motifs is 4. The maximum atomic E-state index is 3.39. The van der Waals surface area contributed by atoms with Crippen molar-refractivity contribution in [3.05, 3.63) is 155 Å². The van der Waals surface area contributed by atoms with E-state index >= 15 is 0 Å². The van der Waals surface area contributed by atoms with E-state index in [9.17, 15) is 0 Å².